The maximum atomic E-state index is 12.1. The van der Waals surface area contributed by atoms with Gasteiger partial charge in [0.15, 0.2) is 11.6 Å². The molecule has 0 bridgehead atoms. The molecule has 2 N–H and O–H groups in total. The van der Waals surface area contributed by atoms with Crippen LogP contribution in [0.2, 0.25) is 0 Å². The van der Waals surface area contributed by atoms with Crippen LogP contribution in [0.25, 0.3) is 0 Å². The van der Waals surface area contributed by atoms with Crippen molar-refractivity contribution in [3.63, 3.8) is 0 Å². The molecule has 0 aliphatic rings. The van der Waals surface area contributed by atoms with Crippen LogP contribution in [-0.4, -0.2) is 40.2 Å². The minimum Gasteiger partial charge on any atom is -0.477 e. The van der Waals surface area contributed by atoms with E-state index in [4.69, 9.17) is 5.11 Å². The first kappa shape index (κ1) is 14.8. The van der Waals surface area contributed by atoms with Gasteiger partial charge in [-0.2, -0.15) is 13.2 Å². The zero-order valence-corrected chi connectivity index (χ0v) is 9.48. The molecule has 104 valence electrons. The lowest BCUT2D eigenvalue weighted by molar-refractivity contribution is -0.167. The Kier molecular flexibility index (Phi) is 4.38. The number of carboxylic acid groups (broad SMARTS) is 1. The minimum atomic E-state index is -5.15. The fourth-order valence-corrected chi connectivity index (χ4v) is 1.05. The molecule has 0 spiro atoms. The van der Waals surface area contributed by atoms with Gasteiger partial charge in [0.25, 0.3) is 0 Å². The third-order valence-corrected chi connectivity index (χ3v) is 1.83. The number of alkyl halides is 3. The molecule has 0 atom stereocenters. The van der Waals surface area contributed by atoms with E-state index in [9.17, 15) is 22.8 Å². The van der Waals surface area contributed by atoms with Crippen LogP contribution in [0, 0.1) is 0 Å². The Bertz CT molecular complexity index is 504. The molecule has 1 aromatic rings. The van der Waals surface area contributed by atoms with Crippen molar-refractivity contribution in [3.8, 4) is 0 Å². The summed E-state index contributed by atoms with van der Waals surface area (Å²) >= 11 is 0. The molecule has 19 heavy (non-hydrogen) atoms. The molecule has 0 saturated heterocycles. The average molecular weight is 279 g/mol. The molecular formula is C9H8F3N3O4. The van der Waals surface area contributed by atoms with E-state index in [1.165, 1.54) is 12.4 Å². The molecular weight excluding hydrogens is 271 g/mol. The Hall–Kier alpha value is -2.23. The van der Waals surface area contributed by atoms with Crippen LogP contribution in [0.1, 0.15) is 16.2 Å². The van der Waals surface area contributed by atoms with Gasteiger partial charge in [-0.1, -0.05) is 0 Å². The standard InChI is InChI=1S/C9H8F3N3O4/c1-19-3-5-13-2-4(7(16)17)6(14-5)15-8(18)9(10,11)12/h2H,3H2,1H3,(H,16,17)(H,13,14,15,18). The molecule has 1 aromatic heterocycles. The minimum absolute atomic E-state index is 0.0648. The largest absolute Gasteiger partial charge is 0.477 e. The van der Waals surface area contributed by atoms with Gasteiger partial charge in [-0.15, -0.1) is 0 Å². The van der Waals surface area contributed by atoms with Gasteiger partial charge in [0.2, 0.25) is 0 Å². The number of methoxy groups -OCH3 is 1. The number of nitrogens with one attached hydrogen (secondary N) is 1. The lowest BCUT2D eigenvalue weighted by atomic mass is 10.3. The normalized spacial score (nSPS) is 11.2. The number of anilines is 1. The van der Waals surface area contributed by atoms with Crippen molar-refractivity contribution in [2.24, 2.45) is 0 Å². The van der Waals surface area contributed by atoms with E-state index >= 15 is 0 Å². The van der Waals surface area contributed by atoms with Gasteiger partial charge in [0, 0.05) is 13.3 Å². The van der Waals surface area contributed by atoms with E-state index < -0.39 is 29.4 Å². The summed E-state index contributed by atoms with van der Waals surface area (Å²) in [5.41, 5.74) is -0.655. The maximum absolute atomic E-state index is 12.1. The van der Waals surface area contributed by atoms with Crippen molar-refractivity contribution in [1.82, 2.24) is 9.97 Å². The second-order valence-electron chi connectivity index (χ2n) is 3.24. The first-order valence-corrected chi connectivity index (χ1v) is 4.72. The molecule has 10 heteroatoms. The Labute approximate surface area is 104 Å². The number of aromatic nitrogens is 2. The number of aromatic carboxylic acids is 1. The monoisotopic (exact) mass is 279 g/mol. The number of ether oxygens (including phenoxy) is 1. The number of rotatable bonds is 4. The van der Waals surface area contributed by atoms with Gasteiger partial charge in [0.1, 0.15) is 12.2 Å². The highest BCUT2D eigenvalue weighted by atomic mass is 19.4. The van der Waals surface area contributed by atoms with Crippen LogP contribution in [0.4, 0.5) is 19.0 Å². The zero-order valence-electron chi connectivity index (χ0n) is 9.48. The SMILES string of the molecule is COCc1ncc(C(=O)O)c(NC(=O)C(F)(F)F)n1. The van der Waals surface area contributed by atoms with Gasteiger partial charge >= 0.3 is 18.1 Å². The molecule has 1 rings (SSSR count). The second-order valence-corrected chi connectivity index (χ2v) is 3.24. The van der Waals surface area contributed by atoms with E-state index in [1.54, 1.807) is 0 Å². The number of hydrogen-bond acceptors (Lipinski definition) is 5. The molecule has 0 aliphatic heterocycles. The van der Waals surface area contributed by atoms with Crippen LogP contribution in [0.3, 0.4) is 0 Å². The molecule has 7 nitrogen and oxygen atoms in total. The molecule has 1 amide bonds. The van der Waals surface area contributed by atoms with Crippen LogP contribution in [0.15, 0.2) is 6.20 Å². The lowest BCUT2D eigenvalue weighted by Gasteiger charge is -2.10. The fourth-order valence-electron chi connectivity index (χ4n) is 1.05. The predicted octanol–water partition coefficient (Wildman–Crippen LogP) is 0.822. The number of hydrogen-bond donors (Lipinski definition) is 2. The summed E-state index contributed by atoms with van der Waals surface area (Å²) in [7, 11) is 1.29. The third-order valence-electron chi connectivity index (χ3n) is 1.83. The Morgan fingerprint density at radius 1 is 1.47 bits per heavy atom. The Balaban J connectivity index is 3.11. The summed E-state index contributed by atoms with van der Waals surface area (Å²) in [5, 5.41) is 10.1. The number of halogens is 3. The molecule has 0 saturated carbocycles. The average Bonchev–Trinajstić information content (AvgIpc) is 2.28. The van der Waals surface area contributed by atoms with Crippen LogP contribution < -0.4 is 5.32 Å². The zero-order chi connectivity index (χ0) is 14.6. The summed E-state index contributed by atoms with van der Waals surface area (Å²) in [6.07, 6.45) is -4.36. The van der Waals surface area contributed by atoms with E-state index in [0.29, 0.717) is 0 Å². The predicted molar refractivity (Wildman–Crippen MR) is 54.4 cm³/mol. The second kappa shape index (κ2) is 5.61. The van der Waals surface area contributed by atoms with E-state index in [0.717, 1.165) is 6.20 Å². The summed E-state index contributed by atoms with van der Waals surface area (Å²) < 4.78 is 40.9. The van der Waals surface area contributed by atoms with E-state index in [2.05, 4.69) is 14.7 Å². The van der Waals surface area contributed by atoms with Gasteiger partial charge in [0.05, 0.1) is 0 Å². The van der Waals surface area contributed by atoms with Crippen molar-refractivity contribution >= 4 is 17.7 Å². The Morgan fingerprint density at radius 2 is 2.11 bits per heavy atom. The number of nitrogens with zero attached hydrogens (tertiary/aromatic N) is 2. The number of carbonyl (C=O) groups is 2. The van der Waals surface area contributed by atoms with Crippen molar-refractivity contribution in [2.45, 2.75) is 12.8 Å². The van der Waals surface area contributed by atoms with Gasteiger partial charge in [-0.05, 0) is 0 Å². The molecule has 0 unspecified atom stereocenters. The fraction of sp³-hybridized carbons (Fsp3) is 0.333. The topological polar surface area (TPSA) is 101 Å². The molecule has 0 fully saturated rings. The van der Waals surface area contributed by atoms with Crippen molar-refractivity contribution in [1.29, 1.82) is 0 Å². The molecule has 0 aromatic carbocycles. The molecule has 0 radical (unpaired) electrons. The highest BCUT2D eigenvalue weighted by Crippen LogP contribution is 2.19. The lowest BCUT2D eigenvalue weighted by Crippen LogP contribution is -2.31. The van der Waals surface area contributed by atoms with Crippen molar-refractivity contribution in [2.75, 3.05) is 12.4 Å². The van der Waals surface area contributed by atoms with Crippen molar-refractivity contribution in [3.05, 3.63) is 17.6 Å². The van der Waals surface area contributed by atoms with E-state index in [1.807, 2.05) is 0 Å². The quantitative estimate of drug-likeness (QED) is 0.846. The highest BCUT2D eigenvalue weighted by Gasteiger charge is 2.39. The summed E-state index contributed by atoms with van der Waals surface area (Å²) in [6.45, 7) is -0.144. The third kappa shape index (κ3) is 3.88. The summed E-state index contributed by atoms with van der Waals surface area (Å²) in [5.74, 6) is -4.69. The maximum Gasteiger partial charge on any atom is 0.471 e. The smallest absolute Gasteiger partial charge is 0.471 e. The first-order valence-electron chi connectivity index (χ1n) is 4.72. The van der Waals surface area contributed by atoms with Gasteiger partial charge in [-0.3, -0.25) is 4.79 Å². The number of carbonyl (C=O) groups excluding carboxylic acids is 1. The number of amides is 1. The van der Waals surface area contributed by atoms with E-state index in [-0.39, 0.29) is 12.4 Å². The van der Waals surface area contributed by atoms with Crippen molar-refractivity contribution < 1.29 is 32.6 Å². The van der Waals surface area contributed by atoms with Gasteiger partial charge in [-0.25, -0.2) is 14.8 Å². The number of carboxylic acids is 1. The van der Waals surface area contributed by atoms with Crippen LogP contribution in [0.5, 0.6) is 0 Å². The summed E-state index contributed by atoms with van der Waals surface area (Å²) in [4.78, 5) is 28.6. The summed E-state index contributed by atoms with van der Waals surface area (Å²) in [6, 6.07) is 0. The molecule has 0 aliphatic carbocycles. The Morgan fingerprint density at radius 3 is 2.58 bits per heavy atom. The first-order chi connectivity index (χ1) is 8.75. The van der Waals surface area contributed by atoms with Crippen LogP contribution in [-0.2, 0) is 16.1 Å². The van der Waals surface area contributed by atoms with Crippen LogP contribution >= 0.6 is 0 Å². The highest BCUT2D eigenvalue weighted by molar-refractivity contribution is 6.00. The van der Waals surface area contributed by atoms with Gasteiger partial charge < -0.3 is 15.2 Å². The molecule has 1 heterocycles.